The highest BCUT2D eigenvalue weighted by molar-refractivity contribution is 5.80. The smallest absolute Gasteiger partial charge is 0.348 e. The van der Waals surface area contributed by atoms with Crippen molar-refractivity contribution in [1.29, 1.82) is 5.26 Å². The molecule has 0 aliphatic heterocycles. The van der Waals surface area contributed by atoms with Crippen LogP contribution in [0.2, 0.25) is 0 Å². The minimum Gasteiger partial charge on any atom is -0.461 e. The molecule has 0 spiro atoms. The van der Waals surface area contributed by atoms with Crippen molar-refractivity contribution < 1.29 is 52.4 Å². The van der Waals surface area contributed by atoms with E-state index in [1.807, 2.05) is 0 Å². The zero-order valence-corrected chi connectivity index (χ0v) is 16.7. The molecule has 0 rings (SSSR count). The van der Waals surface area contributed by atoms with Crippen LogP contribution in [-0.2, 0) is 52.4 Å². The summed E-state index contributed by atoms with van der Waals surface area (Å²) in [6.45, 7) is 2.76. The first-order chi connectivity index (χ1) is 14.2. The monoisotopic (exact) mass is 430 g/mol. The van der Waals surface area contributed by atoms with Gasteiger partial charge in [-0.15, -0.1) is 0 Å². The maximum absolute atomic E-state index is 11.7. The molecular formula is C17H22N2O11. The highest BCUT2D eigenvalue weighted by Gasteiger charge is 2.22. The van der Waals surface area contributed by atoms with Gasteiger partial charge in [0.15, 0.2) is 25.5 Å². The number of esters is 4. The molecule has 166 valence electrons. The van der Waals surface area contributed by atoms with Gasteiger partial charge in [-0.05, 0) is 20.8 Å². The van der Waals surface area contributed by atoms with E-state index in [4.69, 9.17) is 19.5 Å². The summed E-state index contributed by atoms with van der Waals surface area (Å²) in [4.78, 5) is 59.0. The van der Waals surface area contributed by atoms with Crippen LogP contribution < -0.4 is 0 Å². The Morgan fingerprint density at radius 2 is 1.53 bits per heavy atom. The quantitative estimate of drug-likeness (QED) is 0.0865. The number of rotatable bonds is 14. The Labute approximate surface area is 171 Å². The maximum atomic E-state index is 11.7. The van der Waals surface area contributed by atoms with Crippen LogP contribution in [0.5, 0.6) is 0 Å². The van der Waals surface area contributed by atoms with E-state index in [2.05, 4.69) is 19.2 Å². The van der Waals surface area contributed by atoms with Crippen molar-refractivity contribution in [3.8, 4) is 6.26 Å². The topological polar surface area (TPSA) is 177 Å². The molecule has 0 aliphatic carbocycles. The van der Waals surface area contributed by atoms with E-state index in [-0.39, 0.29) is 19.6 Å². The number of carbonyl (C=O) groups is 4. The number of hydrogen-bond acceptors (Lipinski definition) is 13. The van der Waals surface area contributed by atoms with Crippen LogP contribution in [0.4, 0.5) is 0 Å². The van der Waals surface area contributed by atoms with Crippen molar-refractivity contribution in [2.75, 3.05) is 26.6 Å². The molecule has 13 nitrogen and oxygen atoms in total. The van der Waals surface area contributed by atoms with Gasteiger partial charge in [0.05, 0.1) is 19.1 Å². The van der Waals surface area contributed by atoms with E-state index >= 15 is 0 Å². The van der Waals surface area contributed by atoms with E-state index in [0.29, 0.717) is 0 Å². The molecule has 30 heavy (non-hydrogen) atoms. The lowest BCUT2D eigenvalue weighted by atomic mass is 10.3. The first-order valence-electron chi connectivity index (χ1n) is 8.59. The first-order valence-corrected chi connectivity index (χ1v) is 8.59. The van der Waals surface area contributed by atoms with Gasteiger partial charge in [0.1, 0.15) is 6.61 Å². The Morgan fingerprint density at radius 3 is 2.13 bits per heavy atom. The van der Waals surface area contributed by atoms with Gasteiger partial charge in [-0.2, -0.15) is 10.3 Å². The second-order valence-electron chi connectivity index (χ2n) is 5.54. The molecule has 0 aromatic rings. The number of isocyanates is 1. The van der Waals surface area contributed by atoms with Crippen molar-refractivity contribution >= 4 is 30.0 Å². The van der Waals surface area contributed by atoms with Crippen LogP contribution in [0.15, 0.2) is 4.99 Å². The van der Waals surface area contributed by atoms with E-state index in [1.54, 1.807) is 6.92 Å². The molecule has 0 radical (unpaired) electrons. The van der Waals surface area contributed by atoms with Gasteiger partial charge in [0.2, 0.25) is 6.08 Å². The third kappa shape index (κ3) is 12.8. The molecule has 0 fully saturated rings. The maximum Gasteiger partial charge on any atom is 0.348 e. The predicted molar refractivity (Wildman–Crippen MR) is 92.7 cm³/mol. The van der Waals surface area contributed by atoms with Crippen LogP contribution in [0.25, 0.3) is 0 Å². The summed E-state index contributed by atoms with van der Waals surface area (Å²) in [5, 5.41) is 8.16. The molecule has 0 heterocycles. The average molecular weight is 430 g/mol. The molecular weight excluding hydrogens is 408 g/mol. The molecule has 0 aliphatic rings. The van der Waals surface area contributed by atoms with Crippen LogP contribution in [0, 0.1) is 11.5 Å². The zero-order chi connectivity index (χ0) is 22.9. The lowest BCUT2D eigenvalue weighted by Gasteiger charge is -2.16. The van der Waals surface area contributed by atoms with Gasteiger partial charge in [0.25, 0.3) is 6.26 Å². The summed E-state index contributed by atoms with van der Waals surface area (Å²) in [7, 11) is 0. The molecule has 0 bridgehead atoms. The largest absolute Gasteiger partial charge is 0.461 e. The molecule has 0 aromatic carbocycles. The van der Waals surface area contributed by atoms with Crippen molar-refractivity contribution in [3.05, 3.63) is 0 Å². The lowest BCUT2D eigenvalue weighted by molar-refractivity contribution is -0.170. The Hall–Kier alpha value is -3.49. The molecule has 13 heteroatoms. The highest BCUT2D eigenvalue weighted by Crippen LogP contribution is 2.04. The van der Waals surface area contributed by atoms with Gasteiger partial charge in [0, 0.05) is 0 Å². The van der Waals surface area contributed by atoms with Crippen LogP contribution >= 0.6 is 0 Å². The van der Waals surface area contributed by atoms with Gasteiger partial charge in [-0.1, -0.05) is 0 Å². The van der Waals surface area contributed by atoms with E-state index in [1.165, 1.54) is 26.2 Å². The summed E-state index contributed by atoms with van der Waals surface area (Å²) in [5.74, 6) is -3.35. The van der Waals surface area contributed by atoms with E-state index in [9.17, 15) is 24.0 Å². The summed E-state index contributed by atoms with van der Waals surface area (Å²) in [6.07, 6.45) is -0.731. The van der Waals surface area contributed by atoms with Gasteiger partial charge in [-0.3, -0.25) is 4.79 Å². The summed E-state index contributed by atoms with van der Waals surface area (Å²) < 4.78 is 28.4. The van der Waals surface area contributed by atoms with Gasteiger partial charge >= 0.3 is 23.9 Å². The fourth-order valence-corrected chi connectivity index (χ4v) is 1.71. The third-order valence-electron chi connectivity index (χ3n) is 3.05. The number of aliphatic imine (C=N–C) groups is 1. The Balaban J connectivity index is 4.04. The number of nitriles is 1. The molecule has 3 atom stereocenters. The summed E-state index contributed by atoms with van der Waals surface area (Å²) in [6, 6.07) is 0. The molecule has 0 aromatic heterocycles. The normalized spacial score (nSPS) is 12.7. The molecule has 0 N–H and O–H groups in total. The fourth-order valence-electron chi connectivity index (χ4n) is 1.71. The van der Waals surface area contributed by atoms with Crippen LogP contribution in [0.1, 0.15) is 27.2 Å². The van der Waals surface area contributed by atoms with Gasteiger partial charge < -0.3 is 28.4 Å². The highest BCUT2D eigenvalue weighted by atomic mass is 16.6. The molecule has 3 unspecified atom stereocenters. The summed E-state index contributed by atoms with van der Waals surface area (Å²) in [5.41, 5.74) is 0. The van der Waals surface area contributed by atoms with Crippen molar-refractivity contribution in [2.45, 2.75) is 45.5 Å². The zero-order valence-electron chi connectivity index (χ0n) is 16.7. The van der Waals surface area contributed by atoms with E-state index < -0.39 is 55.5 Å². The fraction of sp³-hybridized carbons (Fsp3) is 0.647. The second kappa shape index (κ2) is 15.4. The number of nitrogens with zero attached hydrogens (tertiary/aromatic N) is 2. The standard InChI is InChI=1S/C17H22N2O11/c1-11(6-14(21)29-13(3)17(24)28-10-19-9-20)26-4-5-27-16(23)12(2)30-15(22)7-25-8-18/h11-13H,4-7,10H2,1-3H3. The second-order valence-corrected chi connectivity index (χ2v) is 5.54. The van der Waals surface area contributed by atoms with Crippen molar-refractivity contribution in [2.24, 2.45) is 4.99 Å². The number of carbonyl (C=O) groups excluding carboxylic acids is 5. The van der Waals surface area contributed by atoms with Crippen LogP contribution in [-0.4, -0.2) is 74.8 Å². The molecule has 0 saturated carbocycles. The molecule has 0 saturated heterocycles. The minimum atomic E-state index is -1.20. The number of ether oxygens (including phenoxy) is 6. The third-order valence-corrected chi connectivity index (χ3v) is 3.05. The number of hydrogen-bond donors (Lipinski definition) is 0. The lowest BCUT2D eigenvalue weighted by Crippen LogP contribution is -2.29. The molecule has 0 amide bonds. The Bertz CT molecular complexity index is 682. The Kier molecular flexibility index (Phi) is 13.6. The Morgan fingerprint density at radius 1 is 0.933 bits per heavy atom. The van der Waals surface area contributed by atoms with Crippen LogP contribution in [0.3, 0.4) is 0 Å². The average Bonchev–Trinajstić information content (AvgIpc) is 2.69. The first kappa shape index (κ1) is 26.5. The van der Waals surface area contributed by atoms with Crippen molar-refractivity contribution in [3.63, 3.8) is 0 Å². The predicted octanol–water partition coefficient (Wildman–Crippen LogP) is -0.478. The van der Waals surface area contributed by atoms with E-state index in [0.717, 1.165) is 0 Å². The van der Waals surface area contributed by atoms with Gasteiger partial charge in [-0.25, -0.2) is 19.2 Å². The SMILES string of the molecule is CC(CC(=O)OC(C)C(=O)OCN=C=O)OCCOC(=O)C(C)OC(=O)COC#N. The minimum absolute atomic E-state index is 0.0559. The summed E-state index contributed by atoms with van der Waals surface area (Å²) >= 11 is 0. The van der Waals surface area contributed by atoms with Crippen molar-refractivity contribution in [1.82, 2.24) is 0 Å².